The highest BCUT2D eigenvalue weighted by Crippen LogP contribution is 2.18. The number of nitrogens with zero attached hydrogens (tertiary/aromatic N) is 1. The Labute approximate surface area is 95.5 Å². The molecule has 2 nitrogen and oxygen atoms in total. The molecule has 1 rings (SSSR count). The number of carbonyl (C=O) groups is 1. The maximum absolute atomic E-state index is 11.0. The van der Waals surface area contributed by atoms with Gasteiger partial charge in [-0.3, -0.25) is 9.78 Å². The lowest BCUT2D eigenvalue weighted by Crippen LogP contribution is -1.95. The smallest absolute Gasteiger partial charge is 0.178 e. The molecule has 0 amide bonds. The van der Waals surface area contributed by atoms with Gasteiger partial charge in [0.1, 0.15) is 5.69 Å². The summed E-state index contributed by atoms with van der Waals surface area (Å²) >= 11 is 1.81. The van der Waals surface area contributed by atoms with Gasteiger partial charge in [-0.25, -0.2) is 0 Å². The number of aromatic nitrogens is 1. The minimum absolute atomic E-state index is 0.0255. The molecule has 15 heavy (non-hydrogen) atoms. The SMILES string of the molecule is CCCCCSc1ccc(C(C)=O)nc1. The van der Waals surface area contributed by atoms with Crippen LogP contribution < -0.4 is 0 Å². The van der Waals surface area contributed by atoms with Crippen LogP contribution in [0.5, 0.6) is 0 Å². The molecule has 0 aliphatic rings. The number of thioether (sulfide) groups is 1. The number of hydrogen-bond acceptors (Lipinski definition) is 3. The Morgan fingerprint density at radius 3 is 2.73 bits per heavy atom. The van der Waals surface area contributed by atoms with E-state index in [-0.39, 0.29) is 5.78 Å². The topological polar surface area (TPSA) is 30.0 Å². The van der Waals surface area contributed by atoms with Gasteiger partial charge in [0, 0.05) is 18.0 Å². The first-order valence-electron chi connectivity index (χ1n) is 5.34. The number of rotatable bonds is 6. The number of unbranched alkanes of at least 4 members (excludes halogenated alkanes) is 2. The average molecular weight is 223 g/mol. The lowest BCUT2D eigenvalue weighted by Gasteiger charge is -2.01. The molecule has 1 aromatic rings. The van der Waals surface area contributed by atoms with Crippen molar-refractivity contribution in [2.24, 2.45) is 0 Å². The van der Waals surface area contributed by atoms with E-state index < -0.39 is 0 Å². The van der Waals surface area contributed by atoms with Crippen molar-refractivity contribution >= 4 is 17.5 Å². The van der Waals surface area contributed by atoms with Crippen molar-refractivity contribution in [3.8, 4) is 0 Å². The van der Waals surface area contributed by atoms with Gasteiger partial charge in [-0.2, -0.15) is 0 Å². The first-order chi connectivity index (χ1) is 7.24. The van der Waals surface area contributed by atoms with Gasteiger partial charge >= 0.3 is 0 Å². The average Bonchev–Trinajstić information content (AvgIpc) is 2.25. The summed E-state index contributed by atoms with van der Waals surface area (Å²) in [5.41, 5.74) is 0.549. The van der Waals surface area contributed by atoms with Crippen molar-refractivity contribution < 1.29 is 4.79 Å². The Morgan fingerprint density at radius 2 is 2.20 bits per heavy atom. The summed E-state index contributed by atoms with van der Waals surface area (Å²) < 4.78 is 0. The minimum atomic E-state index is 0.0255. The highest BCUT2D eigenvalue weighted by Gasteiger charge is 2.00. The van der Waals surface area contributed by atoms with Gasteiger partial charge in [-0.1, -0.05) is 19.8 Å². The first kappa shape index (κ1) is 12.2. The zero-order valence-electron chi connectivity index (χ0n) is 9.32. The van der Waals surface area contributed by atoms with Gasteiger partial charge in [-0.15, -0.1) is 11.8 Å². The Bertz CT molecular complexity index is 308. The van der Waals surface area contributed by atoms with Gasteiger partial charge in [-0.05, 0) is 24.3 Å². The highest BCUT2D eigenvalue weighted by molar-refractivity contribution is 7.99. The molecule has 3 heteroatoms. The Morgan fingerprint density at radius 1 is 1.40 bits per heavy atom. The Hall–Kier alpha value is -0.830. The van der Waals surface area contributed by atoms with Gasteiger partial charge in [0.05, 0.1) is 0 Å². The van der Waals surface area contributed by atoms with Crippen LogP contribution in [-0.4, -0.2) is 16.5 Å². The highest BCUT2D eigenvalue weighted by atomic mass is 32.2. The number of carbonyl (C=O) groups excluding carboxylic acids is 1. The second-order valence-corrected chi connectivity index (χ2v) is 4.66. The fourth-order valence-electron chi connectivity index (χ4n) is 1.22. The monoisotopic (exact) mass is 223 g/mol. The van der Waals surface area contributed by atoms with Crippen LogP contribution in [0.2, 0.25) is 0 Å². The molecule has 82 valence electrons. The third kappa shape index (κ3) is 4.47. The predicted octanol–water partition coefficient (Wildman–Crippen LogP) is 3.57. The van der Waals surface area contributed by atoms with E-state index in [2.05, 4.69) is 11.9 Å². The largest absolute Gasteiger partial charge is 0.293 e. The molecular formula is C12H17NOS. The van der Waals surface area contributed by atoms with E-state index in [1.54, 1.807) is 24.0 Å². The van der Waals surface area contributed by atoms with Crippen molar-refractivity contribution in [3.05, 3.63) is 24.0 Å². The second kappa shape index (κ2) is 6.62. The molecule has 0 fully saturated rings. The van der Waals surface area contributed by atoms with Crippen molar-refractivity contribution in [1.82, 2.24) is 4.98 Å². The van der Waals surface area contributed by atoms with Crippen molar-refractivity contribution in [1.29, 1.82) is 0 Å². The molecular weight excluding hydrogens is 206 g/mol. The summed E-state index contributed by atoms with van der Waals surface area (Å²) in [6, 6.07) is 3.77. The van der Waals surface area contributed by atoms with E-state index in [0.717, 1.165) is 10.6 Å². The fourth-order valence-corrected chi connectivity index (χ4v) is 2.09. The molecule has 0 aliphatic heterocycles. The summed E-state index contributed by atoms with van der Waals surface area (Å²) in [4.78, 5) is 16.2. The van der Waals surface area contributed by atoms with Gasteiger partial charge in [0.2, 0.25) is 0 Å². The van der Waals surface area contributed by atoms with E-state index in [4.69, 9.17) is 0 Å². The lowest BCUT2D eigenvalue weighted by atomic mass is 10.3. The third-order valence-electron chi connectivity index (χ3n) is 2.11. The maximum Gasteiger partial charge on any atom is 0.178 e. The van der Waals surface area contributed by atoms with Crippen LogP contribution >= 0.6 is 11.8 Å². The van der Waals surface area contributed by atoms with Crippen LogP contribution in [0.1, 0.15) is 43.6 Å². The summed E-state index contributed by atoms with van der Waals surface area (Å²) in [6.45, 7) is 3.74. The van der Waals surface area contributed by atoms with Crippen molar-refractivity contribution in [2.75, 3.05) is 5.75 Å². The Balaban J connectivity index is 2.39. The lowest BCUT2D eigenvalue weighted by molar-refractivity contribution is 0.101. The number of hydrogen-bond donors (Lipinski definition) is 0. The molecule has 0 bridgehead atoms. The van der Waals surface area contributed by atoms with Gasteiger partial charge in [0.15, 0.2) is 5.78 Å². The zero-order valence-corrected chi connectivity index (χ0v) is 10.1. The number of pyridine rings is 1. The van der Waals surface area contributed by atoms with Gasteiger partial charge in [0.25, 0.3) is 0 Å². The van der Waals surface area contributed by atoms with E-state index in [1.807, 2.05) is 6.07 Å². The quantitative estimate of drug-likeness (QED) is 0.419. The zero-order chi connectivity index (χ0) is 11.1. The predicted molar refractivity (Wildman–Crippen MR) is 64.5 cm³/mol. The van der Waals surface area contributed by atoms with E-state index in [0.29, 0.717) is 5.69 Å². The fraction of sp³-hybridized carbons (Fsp3) is 0.500. The van der Waals surface area contributed by atoms with Crippen LogP contribution in [0, 0.1) is 0 Å². The molecule has 1 aromatic heterocycles. The van der Waals surface area contributed by atoms with Crippen LogP contribution in [-0.2, 0) is 0 Å². The molecule has 1 heterocycles. The van der Waals surface area contributed by atoms with Crippen LogP contribution in [0.4, 0.5) is 0 Å². The Kier molecular flexibility index (Phi) is 5.40. The summed E-state index contributed by atoms with van der Waals surface area (Å²) in [5, 5.41) is 0. The van der Waals surface area contributed by atoms with Crippen LogP contribution in [0.25, 0.3) is 0 Å². The van der Waals surface area contributed by atoms with E-state index >= 15 is 0 Å². The van der Waals surface area contributed by atoms with Crippen molar-refractivity contribution in [3.63, 3.8) is 0 Å². The maximum atomic E-state index is 11.0. The summed E-state index contributed by atoms with van der Waals surface area (Å²) in [5.74, 6) is 1.16. The number of Topliss-reactive ketones (excluding diaryl/α,β-unsaturated/α-hetero) is 1. The molecule has 0 aliphatic carbocycles. The molecule has 0 atom stereocenters. The van der Waals surface area contributed by atoms with Crippen molar-refractivity contribution in [2.45, 2.75) is 38.0 Å². The number of ketones is 1. The molecule has 0 N–H and O–H groups in total. The minimum Gasteiger partial charge on any atom is -0.293 e. The molecule has 0 saturated carbocycles. The molecule has 0 radical (unpaired) electrons. The van der Waals surface area contributed by atoms with Gasteiger partial charge < -0.3 is 0 Å². The molecule has 0 spiro atoms. The normalized spacial score (nSPS) is 10.3. The molecule has 0 aromatic carbocycles. The standard InChI is InChI=1S/C12H17NOS/c1-3-4-5-8-15-11-6-7-12(10(2)14)13-9-11/h6-7,9H,3-5,8H2,1-2H3. The van der Waals surface area contributed by atoms with E-state index in [9.17, 15) is 4.79 Å². The van der Waals surface area contributed by atoms with Crippen LogP contribution in [0.3, 0.4) is 0 Å². The summed E-state index contributed by atoms with van der Waals surface area (Å²) in [6.07, 6.45) is 5.57. The molecule has 0 unspecified atom stereocenters. The van der Waals surface area contributed by atoms with Crippen LogP contribution in [0.15, 0.2) is 23.2 Å². The van der Waals surface area contributed by atoms with E-state index in [1.165, 1.54) is 26.2 Å². The molecule has 0 saturated heterocycles. The second-order valence-electron chi connectivity index (χ2n) is 3.49. The summed E-state index contributed by atoms with van der Waals surface area (Å²) in [7, 11) is 0. The third-order valence-corrected chi connectivity index (χ3v) is 3.18. The first-order valence-corrected chi connectivity index (χ1v) is 6.32.